The van der Waals surface area contributed by atoms with Gasteiger partial charge in [-0.25, -0.2) is 21.6 Å². The minimum absolute atomic E-state index is 0.263. The maximum atomic E-state index is 13.2. The molecule has 6 nitrogen and oxygen atoms in total. The Morgan fingerprint density at radius 2 is 2.05 bits per heavy atom. The Kier molecular flexibility index (Phi) is 5.41. The van der Waals surface area contributed by atoms with Gasteiger partial charge in [0.2, 0.25) is 10.0 Å². The van der Waals surface area contributed by atoms with Crippen molar-refractivity contribution in [2.75, 3.05) is 7.11 Å². The first kappa shape index (κ1) is 18.2. The standard InChI is InChI=1S/C12H14F3NO5S/c1-12(11(14)15,6-10(17)18)16-22(19,20)9-5-7(13)3-4-8(9)21-2/h3-5,11,16H,6H2,1-2H3,(H,17,18). The molecule has 1 unspecified atom stereocenters. The molecule has 0 fully saturated rings. The first-order valence-corrected chi connectivity index (χ1v) is 7.37. The largest absolute Gasteiger partial charge is 0.495 e. The van der Waals surface area contributed by atoms with E-state index in [0.29, 0.717) is 6.07 Å². The van der Waals surface area contributed by atoms with Crippen molar-refractivity contribution in [3.05, 3.63) is 24.0 Å². The summed E-state index contributed by atoms with van der Waals surface area (Å²) in [6.45, 7) is 0.745. The summed E-state index contributed by atoms with van der Waals surface area (Å²) in [5.74, 6) is -2.80. The van der Waals surface area contributed by atoms with Gasteiger partial charge >= 0.3 is 5.97 Å². The van der Waals surface area contributed by atoms with Gasteiger partial charge in [0, 0.05) is 0 Å². The van der Waals surface area contributed by atoms with Crippen molar-refractivity contribution >= 4 is 16.0 Å². The van der Waals surface area contributed by atoms with E-state index in [1.165, 1.54) is 0 Å². The molecule has 22 heavy (non-hydrogen) atoms. The third-order valence-corrected chi connectivity index (χ3v) is 4.42. The third kappa shape index (κ3) is 4.10. The number of carboxylic acid groups (broad SMARTS) is 1. The van der Waals surface area contributed by atoms with E-state index < -0.39 is 45.1 Å². The lowest BCUT2D eigenvalue weighted by Crippen LogP contribution is -2.52. The first-order chi connectivity index (χ1) is 10.0. The van der Waals surface area contributed by atoms with Gasteiger partial charge < -0.3 is 9.84 Å². The van der Waals surface area contributed by atoms with Crippen molar-refractivity contribution in [1.82, 2.24) is 4.72 Å². The van der Waals surface area contributed by atoms with Crippen molar-refractivity contribution in [2.24, 2.45) is 0 Å². The number of alkyl halides is 2. The number of benzene rings is 1. The van der Waals surface area contributed by atoms with Gasteiger partial charge in [-0.3, -0.25) is 4.79 Å². The summed E-state index contributed by atoms with van der Waals surface area (Å²) in [7, 11) is -3.51. The molecular weight excluding hydrogens is 327 g/mol. The van der Waals surface area contributed by atoms with Crippen LogP contribution >= 0.6 is 0 Å². The van der Waals surface area contributed by atoms with E-state index in [0.717, 1.165) is 26.2 Å². The lowest BCUT2D eigenvalue weighted by molar-refractivity contribution is -0.140. The number of halogens is 3. The summed E-state index contributed by atoms with van der Waals surface area (Å²) < 4.78 is 70.1. The number of nitrogens with one attached hydrogen (secondary N) is 1. The molecule has 0 aliphatic heterocycles. The van der Waals surface area contributed by atoms with E-state index >= 15 is 0 Å². The van der Waals surface area contributed by atoms with Gasteiger partial charge in [-0.1, -0.05) is 0 Å². The molecule has 0 spiro atoms. The number of methoxy groups -OCH3 is 1. The fourth-order valence-electron chi connectivity index (χ4n) is 1.69. The van der Waals surface area contributed by atoms with Crippen LogP contribution in [-0.2, 0) is 14.8 Å². The van der Waals surface area contributed by atoms with Crippen molar-refractivity contribution in [3.8, 4) is 5.75 Å². The molecule has 0 saturated carbocycles. The van der Waals surface area contributed by atoms with Gasteiger partial charge in [0.05, 0.1) is 13.5 Å². The van der Waals surface area contributed by atoms with Crippen LogP contribution in [0, 0.1) is 5.82 Å². The molecule has 0 amide bonds. The summed E-state index contributed by atoms with van der Waals surface area (Å²) in [4.78, 5) is 9.96. The van der Waals surface area contributed by atoms with Crippen LogP contribution in [0.2, 0.25) is 0 Å². The Morgan fingerprint density at radius 1 is 1.45 bits per heavy atom. The highest BCUT2D eigenvalue weighted by molar-refractivity contribution is 7.89. The highest BCUT2D eigenvalue weighted by Crippen LogP contribution is 2.28. The number of carboxylic acids is 1. The molecule has 0 radical (unpaired) electrons. The number of rotatable bonds is 7. The molecular formula is C12H14F3NO5S. The Morgan fingerprint density at radius 3 is 2.50 bits per heavy atom. The first-order valence-electron chi connectivity index (χ1n) is 5.89. The molecule has 1 aromatic rings. The highest BCUT2D eigenvalue weighted by atomic mass is 32.2. The molecule has 0 aliphatic carbocycles. The van der Waals surface area contributed by atoms with E-state index in [1.807, 2.05) is 0 Å². The number of hydrogen-bond acceptors (Lipinski definition) is 4. The zero-order valence-corrected chi connectivity index (χ0v) is 12.5. The quantitative estimate of drug-likeness (QED) is 0.786. The minimum atomic E-state index is -4.63. The highest BCUT2D eigenvalue weighted by Gasteiger charge is 2.42. The normalized spacial score (nSPS) is 14.6. The van der Waals surface area contributed by atoms with Crippen LogP contribution in [-0.4, -0.2) is 38.6 Å². The molecule has 0 saturated heterocycles. The second-order valence-corrected chi connectivity index (χ2v) is 6.34. The molecule has 0 heterocycles. The monoisotopic (exact) mass is 341 g/mol. The molecule has 1 rings (SSSR count). The van der Waals surface area contributed by atoms with Gasteiger partial charge in [-0.15, -0.1) is 0 Å². The van der Waals surface area contributed by atoms with Crippen LogP contribution in [0.1, 0.15) is 13.3 Å². The lowest BCUT2D eigenvalue weighted by Gasteiger charge is -2.28. The minimum Gasteiger partial charge on any atom is -0.495 e. The summed E-state index contributed by atoms with van der Waals surface area (Å²) in [5, 5.41) is 8.66. The average Bonchev–Trinajstić information content (AvgIpc) is 2.36. The van der Waals surface area contributed by atoms with Gasteiger partial charge in [0.15, 0.2) is 0 Å². The fourth-order valence-corrected chi connectivity index (χ4v) is 3.26. The molecule has 1 aromatic carbocycles. The van der Waals surface area contributed by atoms with Crippen molar-refractivity contribution in [2.45, 2.75) is 30.2 Å². The summed E-state index contributed by atoms with van der Waals surface area (Å²) in [6, 6.07) is 2.54. The predicted octanol–water partition coefficient (Wildman–Crippen LogP) is 1.61. The van der Waals surface area contributed by atoms with E-state index in [-0.39, 0.29) is 5.75 Å². The van der Waals surface area contributed by atoms with E-state index in [1.54, 1.807) is 4.72 Å². The van der Waals surface area contributed by atoms with Crippen molar-refractivity contribution in [1.29, 1.82) is 0 Å². The Labute approximate surface area is 124 Å². The van der Waals surface area contributed by atoms with Crippen molar-refractivity contribution < 1.29 is 36.2 Å². The van der Waals surface area contributed by atoms with E-state index in [2.05, 4.69) is 0 Å². The third-order valence-electron chi connectivity index (χ3n) is 2.78. The molecule has 124 valence electrons. The molecule has 0 bridgehead atoms. The van der Waals surface area contributed by atoms with Crippen LogP contribution < -0.4 is 9.46 Å². The number of aliphatic carboxylic acids is 1. The second-order valence-electron chi connectivity index (χ2n) is 4.69. The Hall–Kier alpha value is -1.81. The maximum absolute atomic E-state index is 13.2. The van der Waals surface area contributed by atoms with Crippen LogP contribution in [0.25, 0.3) is 0 Å². The lowest BCUT2D eigenvalue weighted by atomic mass is 10.0. The maximum Gasteiger partial charge on any atom is 0.305 e. The van der Waals surface area contributed by atoms with Crippen LogP contribution in [0.4, 0.5) is 13.2 Å². The van der Waals surface area contributed by atoms with Crippen LogP contribution in [0.5, 0.6) is 5.75 Å². The molecule has 0 aliphatic rings. The Balaban J connectivity index is 3.29. The topological polar surface area (TPSA) is 92.7 Å². The SMILES string of the molecule is COc1ccc(F)cc1S(=O)(=O)NC(C)(CC(=O)O)C(F)F. The molecule has 0 aromatic heterocycles. The number of sulfonamides is 1. The van der Waals surface area contributed by atoms with Crippen molar-refractivity contribution in [3.63, 3.8) is 0 Å². The Bertz CT molecular complexity index is 665. The zero-order valence-electron chi connectivity index (χ0n) is 11.6. The summed E-state index contributed by atoms with van der Waals surface area (Å²) >= 11 is 0. The van der Waals surface area contributed by atoms with Gasteiger partial charge in [-0.05, 0) is 25.1 Å². The van der Waals surface area contributed by atoms with Gasteiger partial charge in [0.25, 0.3) is 6.43 Å². The predicted molar refractivity (Wildman–Crippen MR) is 69.9 cm³/mol. The molecule has 1 atom stereocenters. The van der Waals surface area contributed by atoms with Gasteiger partial charge in [0.1, 0.15) is 22.0 Å². The average molecular weight is 341 g/mol. The molecule has 2 N–H and O–H groups in total. The van der Waals surface area contributed by atoms with E-state index in [4.69, 9.17) is 9.84 Å². The van der Waals surface area contributed by atoms with Crippen LogP contribution in [0.15, 0.2) is 23.1 Å². The number of ether oxygens (including phenoxy) is 1. The summed E-state index contributed by atoms with van der Waals surface area (Å²) in [5.41, 5.74) is -2.55. The second kappa shape index (κ2) is 6.53. The summed E-state index contributed by atoms with van der Waals surface area (Å²) in [6.07, 6.45) is -4.44. The van der Waals surface area contributed by atoms with Crippen LogP contribution in [0.3, 0.4) is 0 Å². The number of hydrogen-bond donors (Lipinski definition) is 2. The van der Waals surface area contributed by atoms with Gasteiger partial charge in [-0.2, -0.15) is 4.72 Å². The fraction of sp³-hybridized carbons (Fsp3) is 0.417. The zero-order chi connectivity index (χ0) is 17.1. The number of carbonyl (C=O) groups is 1. The smallest absolute Gasteiger partial charge is 0.305 e. The van der Waals surface area contributed by atoms with E-state index in [9.17, 15) is 26.4 Å². The molecule has 10 heteroatoms.